The molecule has 0 unspecified atom stereocenters. The third-order valence-corrected chi connectivity index (χ3v) is 2.82. The second kappa shape index (κ2) is 7.75. The molecule has 0 bridgehead atoms. The number of hydrogen-bond acceptors (Lipinski definition) is 3. The summed E-state index contributed by atoms with van der Waals surface area (Å²) in [5.74, 6) is 0. The normalized spacial score (nSPS) is 11.0. The van der Waals surface area contributed by atoms with Crippen LogP contribution >= 0.6 is 0 Å². The summed E-state index contributed by atoms with van der Waals surface area (Å²) in [6.45, 7) is 0.159. The van der Waals surface area contributed by atoms with Gasteiger partial charge in [-0.3, -0.25) is 0 Å². The molecule has 2 aromatic rings. The fraction of sp³-hybridized carbons (Fsp3) is 0.118. The minimum absolute atomic E-state index is 0.0739. The molecule has 2 rings (SSSR count). The Morgan fingerprint density at radius 3 is 2.24 bits per heavy atom. The number of hydrogen-bond donors (Lipinski definition) is 0. The van der Waals surface area contributed by atoms with E-state index in [-0.39, 0.29) is 13.0 Å². The first-order valence-electron chi connectivity index (χ1n) is 6.57. The Morgan fingerprint density at radius 2 is 1.62 bits per heavy atom. The van der Waals surface area contributed by atoms with Gasteiger partial charge >= 0.3 is 6.09 Å². The maximum atomic E-state index is 11.7. The van der Waals surface area contributed by atoms with Gasteiger partial charge in [-0.25, -0.2) is 4.79 Å². The molecule has 21 heavy (non-hydrogen) atoms. The number of carbonyl (C=O) groups is 2. The van der Waals surface area contributed by atoms with Crippen LogP contribution in [-0.2, 0) is 16.1 Å². The van der Waals surface area contributed by atoms with Crippen LogP contribution < -0.4 is 0 Å². The van der Waals surface area contributed by atoms with Crippen LogP contribution in [0.1, 0.15) is 17.5 Å². The third-order valence-electron chi connectivity index (χ3n) is 2.82. The van der Waals surface area contributed by atoms with Crippen molar-refractivity contribution in [2.24, 2.45) is 4.99 Å². The fourth-order valence-electron chi connectivity index (χ4n) is 1.80. The number of aliphatic imine (C=N–C) groups is 1. The predicted octanol–water partition coefficient (Wildman–Crippen LogP) is 3.40. The van der Waals surface area contributed by atoms with Gasteiger partial charge in [0, 0.05) is 6.42 Å². The summed E-state index contributed by atoms with van der Waals surface area (Å²) in [6.07, 6.45) is 0.0976. The quantitative estimate of drug-likeness (QED) is 0.623. The average Bonchev–Trinajstić information content (AvgIpc) is 2.54. The third kappa shape index (κ3) is 4.69. The highest BCUT2D eigenvalue weighted by molar-refractivity contribution is 6.10. The van der Waals surface area contributed by atoms with Crippen LogP contribution in [-0.4, -0.2) is 18.1 Å². The Balaban J connectivity index is 2.04. The highest BCUT2D eigenvalue weighted by atomic mass is 16.5. The Hall–Kier alpha value is -2.75. The lowest BCUT2D eigenvalue weighted by atomic mass is 10.1. The van der Waals surface area contributed by atoms with E-state index in [1.54, 1.807) is 12.1 Å². The maximum Gasteiger partial charge on any atom is 0.434 e. The molecule has 0 N–H and O–H groups in total. The molecule has 106 valence electrons. The van der Waals surface area contributed by atoms with Crippen molar-refractivity contribution in [1.82, 2.24) is 0 Å². The van der Waals surface area contributed by atoms with Crippen molar-refractivity contribution in [3.63, 3.8) is 0 Å². The van der Waals surface area contributed by atoms with Crippen LogP contribution in [0.3, 0.4) is 0 Å². The largest absolute Gasteiger partial charge is 0.443 e. The van der Waals surface area contributed by atoms with Crippen molar-refractivity contribution in [2.45, 2.75) is 13.0 Å². The SMILES string of the molecule is O=CCC(=NC(=O)OCc1ccccc1)c1ccccc1. The average molecular weight is 281 g/mol. The van der Waals surface area contributed by atoms with Crippen molar-refractivity contribution >= 4 is 18.1 Å². The first-order valence-corrected chi connectivity index (χ1v) is 6.57. The molecule has 2 aromatic carbocycles. The van der Waals surface area contributed by atoms with Gasteiger partial charge in [-0.1, -0.05) is 60.7 Å². The summed E-state index contributed by atoms with van der Waals surface area (Å²) in [4.78, 5) is 26.3. The van der Waals surface area contributed by atoms with Gasteiger partial charge in [0.05, 0.1) is 5.71 Å². The number of benzene rings is 2. The van der Waals surface area contributed by atoms with Crippen molar-refractivity contribution in [3.8, 4) is 0 Å². The van der Waals surface area contributed by atoms with E-state index in [1.165, 1.54) is 0 Å². The number of amides is 1. The molecule has 0 saturated heterocycles. The molecule has 0 saturated carbocycles. The summed E-state index contributed by atoms with van der Waals surface area (Å²) >= 11 is 0. The fourth-order valence-corrected chi connectivity index (χ4v) is 1.80. The molecule has 0 aliphatic heterocycles. The smallest absolute Gasteiger partial charge is 0.434 e. The molecule has 0 heterocycles. The Bertz CT molecular complexity index is 621. The number of carbonyl (C=O) groups excluding carboxylic acids is 2. The van der Waals surface area contributed by atoms with Crippen molar-refractivity contribution < 1.29 is 14.3 Å². The Labute approximate surface area is 123 Å². The summed E-state index contributed by atoms with van der Waals surface area (Å²) in [6, 6.07) is 18.5. The van der Waals surface area contributed by atoms with Gasteiger partial charge in [0.1, 0.15) is 12.9 Å². The van der Waals surface area contributed by atoms with Crippen LogP contribution in [0.2, 0.25) is 0 Å². The van der Waals surface area contributed by atoms with E-state index in [4.69, 9.17) is 4.74 Å². The molecule has 0 aliphatic carbocycles. The van der Waals surface area contributed by atoms with Gasteiger partial charge in [0.2, 0.25) is 0 Å². The minimum Gasteiger partial charge on any atom is -0.443 e. The molecule has 0 atom stereocenters. The van der Waals surface area contributed by atoms with Gasteiger partial charge in [-0.05, 0) is 11.1 Å². The van der Waals surface area contributed by atoms with Gasteiger partial charge in [-0.15, -0.1) is 0 Å². The molecule has 0 aromatic heterocycles. The van der Waals surface area contributed by atoms with Gasteiger partial charge in [0.15, 0.2) is 0 Å². The van der Waals surface area contributed by atoms with E-state index in [0.29, 0.717) is 5.71 Å². The minimum atomic E-state index is -0.695. The maximum absolute atomic E-state index is 11.7. The van der Waals surface area contributed by atoms with E-state index < -0.39 is 6.09 Å². The molecule has 4 nitrogen and oxygen atoms in total. The Kier molecular flexibility index (Phi) is 5.41. The van der Waals surface area contributed by atoms with Crippen molar-refractivity contribution in [2.75, 3.05) is 0 Å². The lowest BCUT2D eigenvalue weighted by Gasteiger charge is -2.04. The summed E-state index contributed by atoms with van der Waals surface area (Å²) in [5, 5.41) is 0. The molecular weight excluding hydrogens is 266 g/mol. The zero-order valence-electron chi connectivity index (χ0n) is 11.4. The van der Waals surface area contributed by atoms with Crippen LogP contribution in [0.25, 0.3) is 0 Å². The molecule has 0 radical (unpaired) electrons. The first kappa shape index (κ1) is 14.7. The zero-order valence-corrected chi connectivity index (χ0v) is 11.4. The van der Waals surface area contributed by atoms with Crippen LogP contribution in [0, 0.1) is 0 Å². The number of aldehydes is 1. The van der Waals surface area contributed by atoms with E-state index in [9.17, 15) is 9.59 Å². The standard InChI is InChI=1S/C17H15NO3/c19-12-11-16(15-9-5-2-6-10-15)18-17(20)21-13-14-7-3-1-4-8-14/h1-10,12H,11,13H2. The van der Waals surface area contributed by atoms with Gasteiger partial charge < -0.3 is 9.53 Å². The number of nitrogens with zero attached hydrogens (tertiary/aromatic N) is 1. The highest BCUT2D eigenvalue weighted by Gasteiger charge is 2.07. The van der Waals surface area contributed by atoms with E-state index in [0.717, 1.165) is 17.4 Å². The van der Waals surface area contributed by atoms with E-state index >= 15 is 0 Å². The second-order valence-electron chi connectivity index (χ2n) is 4.34. The van der Waals surface area contributed by atoms with E-state index in [1.807, 2.05) is 48.5 Å². The van der Waals surface area contributed by atoms with Gasteiger partial charge in [0.25, 0.3) is 0 Å². The molecule has 0 fully saturated rings. The molecule has 0 spiro atoms. The number of rotatable bonds is 5. The molecular formula is C17H15NO3. The van der Waals surface area contributed by atoms with Crippen molar-refractivity contribution in [1.29, 1.82) is 0 Å². The van der Waals surface area contributed by atoms with Crippen LogP contribution in [0.4, 0.5) is 4.79 Å². The van der Waals surface area contributed by atoms with Crippen LogP contribution in [0.5, 0.6) is 0 Å². The molecule has 0 aliphatic rings. The van der Waals surface area contributed by atoms with Crippen LogP contribution in [0.15, 0.2) is 65.7 Å². The lowest BCUT2D eigenvalue weighted by molar-refractivity contribution is -0.106. The molecule has 1 amide bonds. The predicted molar refractivity (Wildman–Crippen MR) is 80.3 cm³/mol. The van der Waals surface area contributed by atoms with Crippen molar-refractivity contribution in [3.05, 3.63) is 71.8 Å². The van der Waals surface area contributed by atoms with Gasteiger partial charge in [-0.2, -0.15) is 4.99 Å². The lowest BCUT2D eigenvalue weighted by Crippen LogP contribution is -2.07. The highest BCUT2D eigenvalue weighted by Crippen LogP contribution is 2.06. The summed E-state index contributed by atoms with van der Waals surface area (Å²) in [5.41, 5.74) is 2.03. The molecule has 4 heteroatoms. The second-order valence-corrected chi connectivity index (χ2v) is 4.34. The monoisotopic (exact) mass is 281 g/mol. The Morgan fingerprint density at radius 1 is 1.00 bits per heavy atom. The topological polar surface area (TPSA) is 55.7 Å². The zero-order chi connectivity index (χ0) is 14.9. The number of ether oxygens (including phenoxy) is 1. The summed E-state index contributed by atoms with van der Waals surface area (Å²) in [7, 11) is 0. The first-order chi connectivity index (χ1) is 10.3. The summed E-state index contributed by atoms with van der Waals surface area (Å²) < 4.78 is 5.08. The van der Waals surface area contributed by atoms with E-state index in [2.05, 4.69) is 4.99 Å².